The molecular formula is C18H23N3O2. The van der Waals surface area contributed by atoms with Gasteiger partial charge in [-0.15, -0.1) is 0 Å². The van der Waals surface area contributed by atoms with E-state index in [0.717, 1.165) is 22.5 Å². The van der Waals surface area contributed by atoms with Gasteiger partial charge in [0.1, 0.15) is 0 Å². The second kappa shape index (κ2) is 6.54. The standard InChI is InChI=1S/C18H23N3O2/c1-12-4-3-5-14(6-12)8-18(23)21-10-15(17(22)11-21)9-16-7-13(2)19-20-16/h3-7,15,17,22H,8-11H2,1-2H3,(H,19,20)/t15-,17-/m1/s1. The molecule has 23 heavy (non-hydrogen) atoms. The van der Waals surface area contributed by atoms with Gasteiger partial charge in [-0.3, -0.25) is 9.89 Å². The summed E-state index contributed by atoms with van der Waals surface area (Å²) >= 11 is 0. The number of carbonyl (C=O) groups is 1. The second-order valence-corrected chi connectivity index (χ2v) is 6.54. The van der Waals surface area contributed by atoms with Gasteiger partial charge >= 0.3 is 0 Å². The number of aromatic nitrogens is 2. The lowest BCUT2D eigenvalue weighted by molar-refractivity contribution is -0.129. The molecule has 5 heteroatoms. The fraction of sp³-hybridized carbons (Fsp3) is 0.444. The quantitative estimate of drug-likeness (QED) is 0.901. The van der Waals surface area contributed by atoms with Gasteiger partial charge in [0, 0.05) is 24.7 Å². The minimum atomic E-state index is -0.478. The van der Waals surface area contributed by atoms with Crippen LogP contribution in [0.3, 0.4) is 0 Å². The van der Waals surface area contributed by atoms with Crippen molar-refractivity contribution in [3.8, 4) is 0 Å². The van der Waals surface area contributed by atoms with Crippen LogP contribution in [0.25, 0.3) is 0 Å². The highest BCUT2D eigenvalue weighted by molar-refractivity contribution is 5.79. The zero-order chi connectivity index (χ0) is 16.4. The maximum Gasteiger partial charge on any atom is 0.227 e. The third-order valence-electron chi connectivity index (χ3n) is 4.43. The van der Waals surface area contributed by atoms with E-state index in [1.54, 1.807) is 4.90 Å². The minimum Gasteiger partial charge on any atom is -0.391 e. The number of likely N-dealkylation sites (tertiary alicyclic amines) is 1. The molecular weight excluding hydrogens is 290 g/mol. The number of hydrogen-bond acceptors (Lipinski definition) is 3. The Labute approximate surface area is 136 Å². The maximum atomic E-state index is 12.5. The number of rotatable bonds is 4. The van der Waals surface area contributed by atoms with E-state index < -0.39 is 6.10 Å². The molecule has 1 amide bonds. The molecule has 1 aliphatic heterocycles. The lowest BCUT2D eigenvalue weighted by Crippen LogP contribution is -2.31. The molecule has 0 bridgehead atoms. The summed E-state index contributed by atoms with van der Waals surface area (Å²) in [6.45, 7) is 4.99. The minimum absolute atomic E-state index is 0.0548. The van der Waals surface area contributed by atoms with Gasteiger partial charge in [-0.25, -0.2) is 0 Å². The number of nitrogens with zero attached hydrogens (tertiary/aromatic N) is 2. The van der Waals surface area contributed by atoms with Crippen molar-refractivity contribution in [1.82, 2.24) is 15.1 Å². The SMILES string of the molecule is Cc1cccc(CC(=O)N2C[C@@H](Cc3cc(C)[nH]n3)[C@H](O)C2)c1. The van der Waals surface area contributed by atoms with Gasteiger partial charge < -0.3 is 10.0 Å². The summed E-state index contributed by atoms with van der Waals surface area (Å²) in [7, 11) is 0. The van der Waals surface area contributed by atoms with Crippen molar-refractivity contribution in [2.45, 2.75) is 32.8 Å². The molecule has 0 radical (unpaired) electrons. The van der Waals surface area contributed by atoms with E-state index in [-0.39, 0.29) is 11.8 Å². The first kappa shape index (κ1) is 15.7. The number of amides is 1. The average Bonchev–Trinajstić information content (AvgIpc) is 3.06. The Morgan fingerprint density at radius 2 is 2.17 bits per heavy atom. The third kappa shape index (κ3) is 3.79. The van der Waals surface area contributed by atoms with Gasteiger partial charge in [0.15, 0.2) is 0 Å². The highest BCUT2D eigenvalue weighted by Crippen LogP contribution is 2.22. The van der Waals surface area contributed by atoms with Crippen molar-refractivity contribution in [3.63, 3.8) is 0 Å². The van der Waals surface area contributed by atoms with Crippen LogP contribution in [0.1, 0.15) is 22.5 Å². The molecule has 2 heterocycles. The molecule has 5 nitrogen and oxygen atoms in total. The van der Waals surface area contributed by atoms with Crippen LogP contribution < -0.4 is 0 Å². The lowest BCUT2D eigenvalue weighted by Gasteiger charge is -2.16. The fourth-order valence-corrected chi connectivity index (χ4v) is 3.21. The number of aromatic amines is 1. The van der Waals surface area contributed by atoms with Crippen molar-refractivity contribution >= 4 is 5.91 Å². The molecule has 2 atom stereocenters. The van der Waals surface area contributed by atoms with Crippen molar-refractivity contribution in [3.05, 3.63) is 52.8 Å². The topological polar surface area (TPSA) is 69.2 Å². The normalized spacial score (nSPS) is 20.9. The molecule has 1 aromatic heterocycles. The predicted octanol–water partition coefficient (Wildman–Crippen LogP) is 1.63. The van der Waals surface area contributed by atoms with Gasteiger partial charge in [0.05, 0.1) is 18.2 Å². The molecule has 122 valence electrons. The van der Waals surface area contributed by atoms with Crippen LogP contribution in [0.5, 0.6) is 0 Å². The van der Waals surface area contributed by atoms with Crippen LogP contribution in [-0.4, -0.2) is 45.3 Å². The van der Waals surface area contributed by atoms with Crippen LogP contribution in [0.4, 0.5) is 0 Å². The molecule has 1 fully saturated rings. The van der Waals surface area contributed by atoms with E-state index in [0.29, 0.717) is 25.9 Å². The van der Waals surface area contributed by atoms with E-state index in [4.69, 9.17) is 0 Å². The van der Waals surface area contributed by atoms with E-state index in [9.17, 15) is 9.90 Å². The monoisotopic (exact) mass is 313 g/mol. The first-order chi connectivity index (χ1) is 11.0. The smallest absolute Gasteiger partial charge is 0.227 e. The number of benzene rings is 1. The molecule has 2 aromatic rings. The van der Waals surface area contributed by atoms with Gasteiger partial charge in [-0.2, -0.15) is 5.10 Å². The Kier molecular flexibility index (Phi) is 4.48. The summed E-state index contributed by atoms with van der Waals surface area (Å²) < 4.78 is 0. The predicted molar refractivity (Wildman–Crippen MR) is 88.0 cm³/mol. The highest BCUT2D eigenvalue weighted by Gasteiger charge is 2.34. The van der Waals surface area contributed by atoms with Crippen LogP contribution in [-0.2, 0) is 17.6 Å². The van der Waals surface area contributed by atoms with E-state index in [1.165, 1.54) is 0 Å². The zero-order valence-corrected chi connectivity index (χ0v) is 13.6. The molecule has 1 saturated heterocycles. The van der Waals surface area contributed by atoms with E-state index >= 15 is 0 Å². The molecule has 3 rings (SSSR count). The van der Waals surface area contributed by atoms with Crippen molar-refractivity contribution in [1.29, 1.82) is 0 Å². The molecule has 2 N–H and O–H groups in total. The highest BCUT2D eigenvalue weighted by atomic mass is 16.3. The number of carbonyl (C=O) groups excluding carboxylic acids is 1. The van der Waals surface area contributed by atoms with Crippen LogP contribution in [0.15, 0.2) is 30.3 Å². The Balaban J connectivity index is 1.60. The van der Waals surface area contributed by atoms with Gasteiger partial charge in [-0.05, 0) is 31.9 Å². The summed E-state index contributed by atoms with van der Waals surface area (Å²) in [5, 5.41) is 17.4. The summed E-state index contributed by atoms with van der Waals surface area (Å²) in [6.07, 6.45) is 0.607. The number of aryl methyl sites for hydroxylation is 2. The Morgan fingerprint density at radius 1 is 1.35 bits per heavy atom. The van der Waals surface area contributed by atoms with E-state index in [1.807, 2.05) is 44.2 Å². The average molecular weight is 313 g/mol. The third-order valence-corrected chi connectivity index (χ3v) is 4.43. The first-order valence-corrected chi connectivity index (χ1v) is 8.03. The largest absolute Gasteiger partial charge is 0.391 e. The van der Waals surface area contributed by atoms with Crippen LogP contribution in [0.2, 0.25) is 0 Å². The van der Waals surface area contributed by atoms with Crippen molar-refractivity contribution in [2.75, 3.05) is 13.1 Å². The number of aliphatic hydroxyl groups excluding tert-OH is 1. The number of nitrogens with one attached hydrogen (secondary N) is 1. The fourth-order valence-electron chi connectivity index (χ4n) is 3.21. The molecule has 0 saturated carbocycles. The van der Waals surface area contributed by atoms with E-state index in [2.05, 4.69) is 10.2 Å². The number of β-amino-alcohol motifs (C(OH)–C–C–N with tert-alkyl or cyclic N) is 1. The summed E-state index contributed by atoms with van der Waals surface area (Å²) in [6, 6.07) is 9.99. The molecule has 0 aliphatic carbocycles. The van der Waals surface area contributed by atoms with Gasteiger partial charge in [0.2, 0.25) is 5.91 Å². The maximum absolute atomic E-state index is 12.5. The Hall–Kier alpha value is -2.14. The van der Waals surface area contributed by atoms with Crippen LogP contribution in [0, 0.1) is 19.8 Å². The Morgan fingerprint density at radius 3 is 2.87 bits per heavy atom. The zero-order valence-electron chi connectivity index (χ0n) is 13.6. The lowest BCUT2D eigenvalue weighted by atomic mass is 10.00. The van der Waals surface area contributed by atoms with Crippen molar-refractivity contribution in [2.24, 2.45) is 5.92 Å². The first-order valence-electron chi connectivity index (χ1n) is 8.03. The number of H-pyrrole nitrogens is 1. The Bertz CT molecular complexity index is 695. The summed E-state index contributed by atoms with van der Waals surface area (Å²) in [5.74, 6) is 0.134. The molecule has 1 aliphatic rings. The molecule has 1 aromatic carbocycles. The second-order valence-electron chi connectivity index (χ2n) is 6.54. The molecule has 0 spiro atoms. The molecule has 0 unspecified atom stereocenters. The van der Waals surface area contributed by atoms with Crippen molar-refractivity contribution < 1.29 is 9.90 Å². The van der Waals surface area contributed by atoms with Gasteiger partial charge in [-0.1, -0.05) is 29.8 Å². The summed E-state index contributed by atoms with van der Waals surface area (Å²) in [5.41, 5.74) is 4.14. The summed E-state index contributed by atoms with van der Waals surface area (Å²) in [4.78, 5) is 14.2. The number of aliphatic hydroxyl groups is 1. The number of hydrogen-bond donors (Lipinski definition) is 2. The van der Waals surface area contributed by atoms with Gasteiger partial charge in [0.25, 0.3) is 0 Å². The van der Waals surface area contributed by atoms with Crippen LogP contribution >= 0.6 is 0 Å².